The molecule has 5 heteroatoms. The van der Waals surface area contributed by atoms with Crippen molar-refractivity contribution in [1.29, 1.82) is 0 Å². The molecular weight excluding hydrogens is 324 g/mol. The van der Waals surface area contributed by atoms with Crippen LogP contribution in [0.3, 0.4) is 0 Å². The van der Waals surface area contributed by atoms with Gasteiger partial charge in [0.15, 0.2) is 0 Å². The molecule has 100 valence electrons. The van der Waals surface area contributed by atoms with Crippen LogP contribution in [0.25, 0.3) is 0 Å². The summed E-state index contributed by atoms with van der Waals surface area (Å²) in [5, 5.41) is 5.03. The lowest BCUT2D eigenvalue weighted by Crippen LogP contribution is -2.28. The van der Waals surface area contributed by atoms with E-state index in [-0.39, 0.29) is 11.9 Å². The second kappa shape index (κ2) is 6.21. The largest absolute Gasteiger partial charge is 0.398 e. The van der Waals surface area contributed by atoms with Crippen LogP contribution >= 0.6 is 27.3 Å². The molecule has 0 spiro atoms. The van der Waals surface area contributed by atoms with Gasteiger partial charge in [-0.3, -0.25) is 4.79 Å². The molecule has 0 saturated carbocycles. The maximum atomic E-state index is 12.2. The van der Waals surface area contributed by atoms with Crippen molar-refractivity contribution in [2.24, 2.45) is 0 Å². The Kier molecular flexibility index (Phi) is 4.61. The fraction of sp³-hybridized carbons (Fsp3) is 0.214. The zero-order chi connectivity index (χ0) is 13.8. The molecule has 0 aliphatic carbocycles. The predicted molar refractivity (Wildman–Crippen MR) is 83.4 cm³/mol. The van der Waals surface area contributed by atoms with E-state index in [1.165, 1.54) is 0 Å². The normalized spacial score (nSPS) is 12.1. The van der Waals surface area contributed by atoms with Gasteiger partial charge in [0.05, 0.1) is 11.6 Å². The number of thiophene rings is 1. The number of carbonyl (C=O) groups is 1. The first-order valence-corrected chi connectivity index (χ1v) is 7.68. The van der Waals surface area contributed by atoms with Crippen LogP contribution in [-0.4, -0.2) is 5.91 Å². The van der Waals surface area contributed by atoms with Gasteiger partial charge in [-0.05, 0) is 36.1 Å². The maximum Gasteiger partial charge on any atom is 0.253 e. The highest BCUT2D eigenvalue weighted by Crippen LogP contribution is 2.24. The fourth-order valence-electron chi connectivity index (χ4n) is 1.84. The summed E-state index contributed by atoms with van der Waals surface area (Å²) in [6.07, 6.45) is 0.850. The van der Waals surface area contributed by atoms with Crippen LogP contribution in [0.1, 0.15) is 34.6 Å². The second-order valence-electron chi connectivity index (χ2n) is 4.18. The molecule has 1 amide bonds. The molecule has 2 aromatic rings. The minimum atomic E-state index is -0.134. The third-order valence-corrected chi connectivity index (χ3v) is 4.34. The van der Waals surface area contributed by atoms with Crippen molar-refractivity contribution in [3.05, 3.63) is 50.6 Å². The number of anilines is 1. The maximum absolute atomic E-state index is 12.2. The van der Waals surface area contributed by atoms with Gasteiger partial charge in [-0.25, -0.2) is 0 Å². The van der Waals surface area contributed by atoms with Crippen molar-refractivity contribution in [2.45, 2.75) is 19.4 Å². The van der Waals surface area contributed by atoms with Crippen molar-refractivity contribution in [2.75, 3.05) is 5.73 Å². The van der Waals surface area contributed by atoms with Crippen molar-refractivity contribution in [3.8, 4) is 0 Å². The van der Waals surface area contributed by atoms with Crippen LogP contribution in [0.4, 0.5) is 5.69 Å². The number of hydrogen-bond acceptors (Lipinski definition) is 3. The molecule has 3 N–H and O–H groups in total. The van der Waals surface area contributed by atoms with E-state index in [0.29, 0.717) is 11.3 Å². The average molecular weight is 339 g/mol. The molecular formula is C14H15BrN2OS. The second-order valence-corrected chi connectivity index (χ2v) is 6.08. The number of amides is 1. The summed E-state index contributed by atoms with van der Waals surface area (Å²) >= 11 is 4.98. The Morgan fingerprint density at radius 1 is 1.47 bits per heavy atom. The monoisotopic (exact) mass is 338 g/mol. The van der Waals surface area contributed by atoms with Crippen molar-refractivity contribution in [3.63, 3.8) is 0 Å². The molecule has 0 radical (unpaired) electrons. The van der Waals surface area contributed by atoms with E-state index in [4.69, 9.17) is 5.73 Å². The first-order chi connectivity index (χ1) is 9.11. The molecule has 3 nitrogen and oxygen atoms in total. The zero-order valence-electron chi connectivity index (χ0n) is 10.5. The van der Waals surface area contributed by atoms with Gasteiger partial charge in [0, 0.05) is 15.0 Å². The van der Waals surface area contributed by atoms with Crippen molar-refractivity contribution in [1.82, 2.24) is 5.32 Å². The van der Waals surface area contributed by atoms with E-state index in [1.54, 1.807) is 23.5 Å². The molecule has 1 unspecified atom stereocenters. The molecule has 1 heterocycles. The topological polar surface area (TPSA) is 55.1 Å². The first kappa shape index (κ1) is 14.1. The number of nitrogen functional groups attached to an aromatic ring is 1. The van der Waals surface area contributed by atoms with Gasteiger partial charge in [-0.2, -0.15) is 0 Å². The summed E-state index contributed by atoms with van der Waals surface area (Å²) in [4.78, 5) is 13.4. The molecule has 1 aromatic heterocycles. The smallest absolute Gasteiger partial charge is 0.253 e. The first-order valence-electron chi connectivity index (χ1n) is 6.01. The summed E-state index contributed by atoms with van der Waals surface area (Å²) in [7, 11) is 0. The van der Waals surface area contributed by atoms with Crippen molar-refractivity contribution >= 4 is 38.9 Å². The van der Waals surface area contributed by atoms with Crippen LogP contribution in [0, 0.1) is 0 Å². The molecule has 19 heavy (non-hydrogen) atoms. The Labute approximate surface area is 125 Å². The Hall–Kier alpha value is -1.33. The Balaban J connectivity index is 2.16. The molecule has 0 aliphatic rings. The van der Waals surface area contributed by atoms with Crippen molar-refractivity contribution < 1.29 is 4.79 Å². The van der Waals surface area contributed by atoms with E-state index in [9.17, 15) is 4.79 Å². The Morgan fingerprint density at radius 3 is 2.84 bits per heavy atom. The fourth-order valence-corrected chi connectivity index (χ4v) is 3.08. The predicted octanol–water partition coefficient (Wildman–Crippen LogP) is 3.97. The van der Waals surface area contributed by atoms with E-state index in [1.807, 2.05) is 23.6 Å². The lowest BCUT2D eigenvalue weighted by atomic mass is 10.1. The minimum Gasteiger partial charge on any atom is -0.398 e. The average Bonchev–Trinajstić information content (AvgIpc) is 2.89. The molecule has 0 fully saturated rings. The minimum absolute atomic E-state index is 0.0375. The van der Waals surface area contributed by atoms with E-state index in [0.717, 1.165) is 15.8 Å². The highest BCUT2D eigenvalue weighted by molar-refractivity contribution is 9.10. The summed E-state index contributed by atoms with van der Waals surface area (Å²) in [6.45, 7) is 2.05. The molecule has 1 atom stereocenters. The number of halogens is 1. The quantitative estimate of drug-likeness (QED) is 0.828. The van der Waals surface area contributed by atoms with Crippen LogP contribution in [0.5, 0.6) is 0 Å². The summed E-state index contributed by atoms with van der Waals surface area (Å²) in [6, 6.07) is 9.34. The van der Waals surface area contributed by atoms with E-state index >= 15 is 0 Å². The van der Waals surface area contributed by atoms with Gasteiger partial charge < -0.3 is 11.1 Å². The third kappa shape index (κ3) is 3.36. The van der Waals surface area contributed by atoms with Crippen LogP contribution < -0.4 is 11.1 Å². The number of nitrogens with one attached hydrogen (secondary N) is 1. The zero-order valence-corrected chi connectivity index (χ0v) is 12.9. The summed E-state index contributed by atoms with van der Waals surface area (Å²) in [5.41, 5.74) is 6.86. The molecule has 2 rings (SSSR count). The summed E-state index contributed by atoms with van der Waals surface area (Å²) < 4.78 is 0.867. The van der Waals surface area contributed by atoms with Gasteiger partial charge >= 0.3 is 0 Å². The van der Waals surface area contributed by atoms with Crippen LogP contribution in [-0.2, 0) is 0 Å². The van der Waals surface area contributed by atoms with E-state index < -0.39 is 0 Å². The van der Waals surface area contributed by atoms with Crippen LogP contribution in [0.2, 0.25) is 0 Å². The SMILES string of the molecule is CCC(NC(=O)c1ccc(Br)cc1N)c1cccs1. The van der Waals surface area contributed by atoms with Gasteiger partial charge in [-0.15, -0.1) is 11.3 Å². The number of carbonyl (C=O) groups excluding carboxylic acids is 1. The lowest BCUT2D eigenvalue weighted by molar-refractivity contribution is 0.0937. The Morgan fingerprint density at radius 2 is 2.26 bits per heavy atom. The number of nitrogens with two attached hydrogens (primary N) is 1. The number of benzene rings is 1. The molecule has 0 aliphatic heterocycles. The molecule has 0 saturated heterocycles. The third-order valence-electron chi connectivity index (χ3n) is 2.86. The molecule has 1 aromatic carbocycles. The lowest BCUT2D eigenvalue weighted by Gasteiger charge is -2.16. The standard InChI is InChI=1S/C14H15BrN2OS/c1-2-12(13-4-3-7-19-13)17-14(18)10-6-5-9(15)8-11(10)16/h3-8,12H,2,16H2,1H3,(H,17,18). The molecule has 0 bridgehead atoms. The highest BCUT2D eigenvalue weighted by atomic mass is 79.9. The van der Waals surface area contributed by atoms with Gasteiger partial charge in [0.25, 0.3) is 5.91 Å². The number of hydrogen-bond donors (Lipinski definition) is 2. The summed E-state index contributed by atoms with van der Waals surface area (Å²) in [5.74, 6) is -0.134. The van der Waals surface area contributed by atoms with E-state index in [2.05, 4.69) is 28.2 Å². The van der Waals surface area contributed by atoms with Gasteiger partial charge in [0.1, 0.15) is 0 Å². The van der Waals surface area contributed by atoms with Gasteiger partial charge in [-0.1, -0.05) is 28.9 Å². The van der Waals surface area contributed by atoms with Gasteiger partial charge in [0.2, 0.25) is 0 Å². The van der Waals surface area contributed by atoms with Crippen LogP contribution in [0.15, 0.2) is 40.2 Å². The number of rotatable bonds is 4. The Bertz CT molecular complexity index is 569. The highest BCUT2D eigenvalue weighted by Gasteiger charge is 2.16.